The lowest BCUT2D eigenvalue weighted by Gasteiger charge is -2.11. The van der Waals surface area contributed by atoms with Crippen LogP contribution in [0.1, 0.15) is 25.0 Å². The molecular formula is C23H25N3O3. The molecule has 2 aromatic carbocycles. The molecule has 0 saturated heterocycles. The highest BCUT2D eigenvalue weighted by atomic mass is 16.5. The Bertz CT molecular complexity index is 965. The Labute approximate surface area is 170 Å². The lowest BCUT2D eigenvalue weighted by molar-refractivity contribution is -0.116. The molecular weight excluding hydrogens is 366 g/mol. The third kappa shape index (κ3) is 5.48. The molecule has 0 atom stereocenters. The smallest absolute Gasteiger partial charge is 0.244 e. The standard InChI is InChI=1S/C23H25N3O3/c1-3-28-21-12-10-18(16-22(21)29-4-2)11-13-23(27)24-17-19-8-5-6-9-20(19)26-15-7-14-25-26/h5-16H,3-4,17H2,1-2H3,(H,24,27)/b13-11+. The summed E-state index contributed by atoms with van der Waals surface area (Å²) in [6.07, 6.45) is 6.88. The van der Waals surface area contributed by atoms with E-state index in [9.17, 15) is 4.79 Å². The van der Waals surface area contributed by atoms with Gasteiger partial charge in [-0.05, 0) is 55.3 Å². The Balaban J connectivity index is 1.64. The van der Waals surface area contributed by atoms with Crippen molar-refractivity contribution in [1.29, 1.82) is 0 Å². The number of aromatic nitrogens is 2. The van der Waals surface area contributed by atoms with Crippen LogP contribution < -0.4 is 14.8 Å². The molecule has 0 aliphatic rings. The molecule has 0 spiro atoms. The van der Waals surface area contributed by atoms with Crippen molar-refractivity contribution in [3.63, 3.8) is 0 Å². The molecule has 0 aliphatic carbocycles. The van der Waals surface area contributed by atoms with Crippen molar-refractivity contribution in [2.75, 3.05) is 13.2 Å². The fourth-order valence-corrected chi connectivity index (χ4v) is 2.88. The molecule has 1 heterocycles. The molecule has 6 heteroatoms. The summed E-state index contributed by atoms with van der Waals surface area (Å²) in [6.45, 7) is 5.37. The van der Waals surface area contributed by atoms with Crippen molar-refractivity contribution in [3.05, 3.63) is 78.1 Å². The lowest BCUT2D eigenvalue weighted by atomic mass is 10.1. The summed E-state index contributed by atoms with van der Waals surface area (Å²) in [5, 5.41) is 7.18. The first kappa shape index (κ1) is 20.2. The Morgan fingerprint density at radius 3 is 2.62 bits per heavy atom. The van der Waals surface area contributed by atoms with Gasteiger partial charge < -0.3 is 14.8 Å². The molecule has 3 aromatic rings. The van der Waals surface area contributed by atoms with Gasteiger partial charge in [0.05, 0.1) is 18.9 Å². The fourth-order valence-electron chi connectivity index (χ4n) is 2.88. The highest BCUT2D eigenvalue weighted by molar-refractivity contribution is 5.91. The van der Waals surface area contributed by atoms with Crippen LogP contribution in [-0.2, 0) is 11.3 Å². The van der Waals surface area contributed by atoms with E-state index in [0.717, 1.165) is 16.8 Å². The van der Waals surface area contributed by atoms with Gasteiger partial charge in [-0.2, -0.15) is 5.10 Å². The quantitative estimate of drug-likeness (QED) is 0.560. The van der Waals surface area contributed by atoms with Gasteiger partial charge in [0.1, 0.15) is 0 Å². The summed E-state index contributed by atoms with van der Waals surface area (Å²) < 4.78 is 13.0. The number of carbonyl (C=O) groups excluding carboxylic acids is 1. The molecule has 0 radical (unpaired) electrons. The summed E-state index contributed by atoms with van der Waals surface area (Å²) in [6, 6.07) is 15.3. The number of nitrogens with one attached hydrogen (secondary N) is 1. The van der Waals surface area contributed by atoms with Gasteiger partial charge in [0.25, 0.3) is 0 Å². The van der Waals surface area contributed by atoms with Gasteiger partial charge in [-0.25, -0.2) is 4.68 Å². The molecule has 1 aromatic heterocycles. The number of benzene rings is 2. The normalized spacial score (nSPS) is 10.8. The average Bonchev–Trinajstić information content (AvgIpc) is 3.27. The Hall–Kier alpha value is -3.54. The predicted octanol–water partition coefficient (Wildman–Crippen LogP) is 4.00. The Morgan fingerprint density at radius 1 is 1.07 bits per heavy atom. The zero-order valence-corrected chi connectivity index (χ0v) is 16.7. The van der Waals surface area contributed by atoms with E-state index in [1.54, 1.807) is 17.0 Å². The molecule has 0 saturated carbocycles. The maximum atomic E-state index is 12.3. The van der Waals surface area contributed by atoms with Gasteiger partial charge in [-0.3, -0.25) is 4.79 Å². The number of hydrogen-bond acceptors (Lipinski definition) is 4. The molecule has 0 unspecified atom stereocenters. The van der Waals surface area contributed by atoms with Gasteiger partial charge in [0.15, 0.2) is 11.5 Å². The van der Waals surface area contributed by atoms with Crippen molar-refractivity contribution < 1.29 is 14.3 Å². The molecule has 0 aliphatic heterocycles. The van der Waals surface area contributed by atoms with E-state index in [-0.39, 0.29) is 5.91 Å². The van der Waals surface area contributed by atoms with Crippen molar-refractivity contribution in [2.45, 2.75) is 20.4 Å². The summed E-state index contributed by atoms with van der Waals surface area (Å²) in [5.41, 5.74) is 2.79. The third-order valence-electron chi connectivity index (χ3n) is 4.19. The molecule has 3 rings (SSSR count). The molecule has 6 nitrogen and oxygen atoms in total. The minimum Gasteiger partial charge on any atom is -0.490 e. The zero-order chi connectivity index (χ0) is 20.5. The third-order valence-corrected chi connectivity index (χ3v) is 4.19. The first-order valence-corrected chi connectivity index (χ1v) is 9.64. The van der Waals surface area contributed by atoms with Gasteiger partial charge in [0.2, 0.25) is 5.91 Å². The van der Waals surface area contributed by atoms with E-state index in [1.807, 2.05) is 68.6 Å². The largest absolute Gasteiger partial charge is 0.490 e. The monoisotopic (exact) mass is 391 g/mol. The van der Waals surface area contributed by atoms with Crippen LogP contribution in [0.4, 0.5) is 0 Å². The van der Waals surface area contributed by atoms with Crippen LogP contribution in [0.3, 0.4) is 0 Å². The van der Waals surface area contributed by atoms with Crippen molar-refractivity contribution in [2.24, 2.45) is 0 Å². The molecule has 150 valence electrons. The minimum absolute atomic E-state index is 0.174. The number of hydrogen-bond donors (Lipinski definition) is 1. The summed E-state index contributed by atoms with van der Waals surface area (Å²) >= 11 is 0. The predicted molar refractivity (Wildman–Crippen MR) is 113 cm³/mol. The SMILES string of the molecule is CCOc1ccc(/C=C/C(=O)NCc2ccccc2-n2cccn2)cc1OCC. The summed E-state index contributed by atoms with van der Waals surface area (Å²) in [4.78, 5) is 12.3. The highest BCUT2D eigenvalue weighted by Gasteiger charge is 2.07. The number of amides is 1. The molecule has 0 bridgehead atoms. The number of rotatable bonds is 9. The Morgan fingerprint density at radius 2 is 1.86 bits per heavy atom. The van der Waals surface area contributed by atoms with Crippen molar-refractivity contribution in [1.82, 2.24) is 15.1 Å². The minimum atomic E-state index is -0.174. The lowest BCUT2D eigenvalue weighted by Crippen LogP contribution is -2.21. The average molecular weight is 391 g/mol. The van der Waals surface area contributed by atoms with E-state index < -0.39 is 0 Å². The van der Waals surface area contributed by atoms with Crippen LogP contribution in [-0.4, -0.2) is 28.9 Å². The van der Waals surface area contributed by atoms with E-state index in [1.165, 1.54) is 6.08 Å². The number of carbonyl (C=O) groups is 1. The maximum absolute atomic E-state index is 12.3. The molecule has 1 N–H and O–H groups in total. The first-order valence-electron chi connectivity index (χ1n) is 9.64. The molecule has 29 heavy (non-hydrogen) atoms. The second-order valence-electron chi connectivity index (χ2n) is 6.20. The van der Waals surface area contributed by atoms with Crippen LogP contribution >= 0.6 is 0 Å². The van der Waals surface area contributed by atoms with E-state index in [4.69, 9.17) is 9.47 Å². The fraction of sp³-hybridized carbons (Fsp3) is 0.217. The Kier molecular flexibility index (Phi) is 7.05. The van der Waals surface area contributed by atoms with Crippen LogP contribution in [0.5, 0.6) is 11.5 Å². The molecule has 1 amide bonds. The summed E-state index contributed by atoms with van der Waals surface area (Å²) in [7, 11) is 0. The second kappa shape index (κ2) is 10.1. The van der Waals surface area contributed by atoms with Crippen LogP contribution in [0, 0.1) is 0 Å². The van der Waals surface area contributed by atoms with E-state index in [2.05, 4.69) is 10.4 Å². The van der Waals surface area contributed by atoms with E-state index in [0.29, 0.717) is 31.3 Å². The van der Waals surface area contributed by atoms with Crippen molar-refractivity contribution >= 4 is 12.0 Å². The topological polar surface area (TPSA) is 65.4 Å². The van der Waals surface area contributed by atoms with E-state index >= 15 is 0 Å². The number of ether oxygens (including phenoxy) is 2. The number of para-hydroxylation sites is 1. The van der Waals surface area contributed by atoms with Crippen LogP contribution in [0.25, 0.3) is 11.8 Å². The first-order chi connectivity index (χ1) is 14.2. The van der Waals surface area contributed by atoms with Gasteiger partial charge in [-0.15, -0.1) is 0 Å². The van der Waals surface area contributed by atoms with Crippen LogP contribution in [0.15, 0.2) is 67.0 Å². The van der Waals surface area contributed by atoms with Gasteiger partial charge in [-0.1, -0.05) is 24.3 Å². The zero-order valence-electron chi connectivity index (χ0n) is 16.7. The van der Waals surface area contributed by atoms with Crippen molar-refractivity contribution in [3.8, 4) is 17.2 Å². The number of nitrogens with zero attached hydrogens (tertiary/aromatic N) is 2. The maximum Gasteiger partial charge on any atom is 0.244 e. The van der Waals surface area contributed by atoms with Gasteiger partial charge in [0, 0.05) is 25.0 Å². The van der Waals surface area contributed by atoms with Crippen LogP contribution in [0.2, 0.25) is 0 Å². The molecule has 0 fully saturated rings. The highest BCUT2D eigenvalue weighted by Crippen LogP contribution is 2.29. The van der Waals surface area contributed by atoms with Gasteiger partial charge >= 0.3 is 0 Å². The second-order valence-corrected chi connectivity index (χ2v) is 6.20. The summed E-state index contributed by atoms with van der Waals surface area (Å²) in [5.74, 6) is 1.20.